The maximum Gasteiger partial charge on any atom is 0.126 e. The van der Waals surface area contributed by atoms with E-state index in [2.05, 4.69) is 28.1 Å². The molecular weight excluding hydrogens is 420 g/mol. The van der Waals surface area contributed by atoms with E-state index in [1.165, 1.54) is 87.3 Å². The van der Waals surface area contributed by atoms with Gasteiger partial charge in [-0.3, -0.25) is 0 Å². The molecule has 8 fully saturated rings. The Morgan fingerprint density at radius 3 is 1.24 bits per heavy atom. The number of hydrogen-bond donors (Lipinski definition) is 0. The Kier molecular flexibility index (Phi) is 3.78. The van der Waals surface area contributed by atoms with Gasteiger partial charge >= 0.3 is 0 Å². The monoisotopic (exact) mass is 454 g/mol. The second kappa shape index (κ2) is 6.05. The quantitative estimate of drug-likeness (QED) is 0.462. The number of rotatable bonds is 3. The van der Waals surface area contributed by atoms with Gasteiger partial charge in [0.15, 0.2) is 0 Å². The zero-order chi connectivity index (χ0) is 19.4. The Hall–Kier alpha value is -0.500. The van der Waals surface area contributed by atoms with Crippen LogP contribution < -0.4 is 4.74 Å². The Morgan fingerprint density at radius 1 is 0.655 bits per heavy atom. The van der Waals surface area contributed by atoms with Crippen molar-refractivity contribution < 1.29 is 4.74 Å². The van der Waals surface area contributed by atoms with Crippen molar-refractivity contribution in [2.75, 3.05) is 7.11 Å². The molecule has 0 aliphatic heterocycles. The van der Waals surface area contributed by atoms with Crippen molar-refractivity contribution in [1.82, 2.24) is 0 Å². The topological polar surface area (TPSA) is 9.23 Å². The third kappa shape index (κ3) is 2.56. The molecule has 8 aliphatic rings. The van der Waals surface area contributed by atoms with Gasteiger partial charge in [0.1, 0.15) is 5.75 Å². The molecule has 8 saturated carbocycles. The minimum atomic E-state index is 0.404. The average Bonchev–Trinajstić information content (AvgIpc) is 2.65. The van der Waals surface area contributed by atoms with Gasteiger partial charge < -0.3 is 4.74 Å². The van der Waals surface area contributed by atoms with Crippen LogP contribution in [0.3, 0.4) is 0 Å². The molecule has 1 aromatic carbocycles. The third-order valence-electron chi connectivity index (χ3n) is 10.5. The molecular formula is C27H35BrO. The first-order chi connectivity index (χ1) is 14.0. The van der Waals surface area contributed by atoms with Crippen molar-refractivity contribution in [3.63, 3.8) is 0 Å². The Labute approximate surface area is 184 Å². The first kappa shape index (κ1) is 18.1. The second-order valence-electron chi connectivity index (χ2n) is 12.4. The number of benzene rings is 1. The van der Waals surface area contributed by atoms with Gasteiger partial charge in [0.2, 0.25) is 0 Å². The molecule has 2 heteroatoms. The van der Waals surface area contributed by atoms with E-state index in [4.69, 9.17) is 4.74 Å². The van der Waals surface area contributed by atoms with E-state index in [1.807, 2.05) is 7.11 Å². The van der Waals surface area contributed by atoms with Crippen LogP contribution in [0.25, 0.3) is 0 Å². The van der Waals surface area contributed by atoms with Crippen molar-refractivity contribution in [1.29, 1.82) is 0 Å². The average molecular weight is 455 g/mol. The summed E-state index contributed by atoms with van der Waals surface area (Å²) in [6.07, 6.45) is 17.6. The predicted molar refractivity (Wildman–Crippen MR) is 120 cm³/mol. The summed E-state index contributed by atoms with van der Waals surface area (Å²) in [5.41, 5.74) is 4.00. The van der Waals surface area contributed by atoms with E-state index in [-0.39, 0.29) is 0 Å². The fourth-order valence-electron chi connectivity index (χ4n) is 10.5. The molecule has 0 spiro atoms. The van der Waals surface area contributed by atoms with E-state index in [9.17, 15) is 0 Å². The van der Waals surface area contributed by atoms with Crippen LogP contribution in [0, 0.1) is 35.5 Å². The highest BCUT2D eigenvalue weighted by Gasteiger charge is 2.55. The maximum atomic E-state index is 6.39. The highest BCUT2D eigenvalue weighted by Crippen LogP contribution is 2.65. The number of hydrogen-bond acceptors (Lipinski definition) is 1. The summed E-state index contributed by atoms with van der Waals surface area (Å²) in [6.45, 7) is 0. The zero-order valence-electron chi connectivity index (χ0n) is 17.9. The van der Waals surface area contributed by atoms with Crippen LogP contribution in [-0.4, -0.2) is 7.11 Å². The van der Waals surface area contributed by atoms with Crippen molar-refractivity contribution >= 4 is 15.9 Å². The molecule has 8 bridgehead atoms. The van der Waals surface area contributed by atoms with Crippen molar-refractivity contribution in [3.05, 3.63) is 27.7 Å². The molecule has 0 heterocycles. The van der Waals surface area contributed by atoms with Crippen LogP contribution in [0.2, 0.25) is 0 Å². The van der Waals surface area contributed by atoms with E-state index in [0.29, 0.717) is 10.8 Å². The van der Waals surface area contributed by atoms with Gasteiger partial charge in [-0.15, -0.1) is 0 Å². The lowest BCUT2D eigenvalue weighted by Crippen LogP contribution is -2.50. The lowest BCUT2D eigenvalue weighted by molar-refractivity contribution is -0.0103. The molecule has 0 aromatic heterocycles. The molecule has 0 amide bonds. The van der Waals surface area contributed by atoms with Gasteiger partial charge in [0.05, 0.1) is 7.11 Å². The van der Waals surface area contributed by atoms with Gasteiger partial charge in [0.25, 0.3) is 0 Å². The number of ether oxygens (including phenoxy) is 1. The summed E-state index contributed by atoms with van der Waals surface area (Å²) in [5, 5.41) is 0. The third-order valence-corrected chi connectivity index (χ3v) is 10.9. The smallest absolute Gasteiger partial charge is 0.126 e. The molecule has 1 aromatic rings. The summed E-state index contributed by atoms with van der Waals surface area (Å²) in [7, 11) is 1.97. The molecule has 9 rings (SSSR count). The van der Waals surface area contributed by atoms with Crippen LogP contribution in [-0.2, 0) is 10.8 Å². The van der Waals surface area contributed by atoms with Gasteiger partial charge in [-0.2, -0.15) is 0 Å². The van der Waals surface area contributed by atoms with E-state index in [0.717, 1.165) is 35.5 Å². The van der Waals surface area contributed by atoms with E-state index in [1.54, 1.807) is 11.1 Å². The predicted octanol–water partition coefficient (Wildman–Crippen LogP) is 7.39. The Bertz CT molecular complexity index is 719. The van der Waals surface area contributed by atoms with Crippen molar-refractivity contribution in [2.24, 2.45) is 35.5 Å². The summed E-state index contributed by atoms with van der Waals surface area (Å²) in [5.74, 6) is 7.19. The largest absolute Gasteiger partial charge is 0.496 e. The molecule has 0 atom stereocenters. The Balaban J connectivity index is 1.38. The number of methoxy groups -OCH3 is 1. The summed E-state index contributed by atoms with van der Waals surface area (Å²) < 4.78 is 7.70. The standard InChI is InChI=1S/C27H35BrO/c1-29-25-23(26-10-16-2-17(11-26)4-18(3-16)12-26)8-22(28)9-24(25)27-13-19-5-20(14-27)7-21(6-19)15-27/h8-9,16-21H,2-7,10-15H2,1H3. The van der Waals surface area contributed by atoms with Crippen LogP contribution in [0.4, 0.5) is 0 Å². The van der Waals surface area contributed by atoms with Gasteiger partial charge in [-0.1, -0.05) is 15.9 Å². The zero-order valence-corrected chi connectivity index (χ0v) is 19.5. The summed E-state index contributed by atoms with van der Waals surface area (Å²) in [4.78, 5) is 0. The van der Waals surface area contributed by atoms with Crippen LogP contribution >= 0.6 is 15.9 Å². The minimum Gasteiger partial charge on any atom is -0.496 e. The SMILES string of the molecule is COc1c(C23CC4CC(CC(C4)C2)C3)cc(Br)cc1C12CC3CC(CC(C3)C1)C2. The van der Waals surface area contributed by atoms with Crippen molar-refractivity contribution in [3.8, 4) is 5.75 Å². The lowest BCUT2D eigenvalue weighted by atomic mass is 9.46. The molecule has 29 heavy (non-hydrogen) atoms. The Morgan fingerprint density at radius 2 is 0.966 bits per heavy atom. The highest BCUT2D eigenvalue weighted by molar-refractivity contribution is 9.10. The fourth-order valence-corrected chi connectivity index (χ4v) is 10.9. The van der Waals surface area contributed by atoms with E-state index < -0.39 is 0 Å². The first-order valence-corrected chi connectivity index (χ1v) is 13.2. The second-order valence-corrected chi connectivity index (χ2v) is 13.3. The minimum absolute atomic E-state index is 0.404. The van der Waals surface area contributed by atoms with Gasteiger partial charge in [0, 0.05) is 15.6 Å². The lowest BCUT2D eigenvalue weighted by Gasteiger charge is -2.59. The highest BCUT2D eigenvalue weighted by atomic mass is 79.9. The van der Waals surface area contributed by atoms with Gasteiger partial charge in [-0.05, 0) is 136 Å². The van der Waals surface area contributed by atoms with Crippen LogP contribution in [0.5, 0.6) is 5.75 Å². The van der Waals surface area contributed by atoms with Gasteiger partial charge in [-0.25, -0.2) is 0 Å². The van der Waals surface area contributed by atoms with Crippen LogP contribution in [0.15, 0.2) is 16.6 Å². The molecule has 0 N–H and O–H groups in total. The maximum absolute atomic E-state index is 6.39. The molecule has 0 unspecified atom stereocenters. The summed E-state index contributed by atoms with van der Waals surface area (Å²) >= 11 is 3.98. The normalized spacial score (nSPS) is 49.0. The number of halogens is 1. The van der Waals surface area contributed by atoms with Crippen LogP contribution in [0.1, 0.15) is 88.2 Å². The molecule has 0 radical (unpaired) electrons. The van der Waals surface area contributed by atoms with Crippen molar-refractivity contribution in [2.45, 2.75) is 87.9 Å². The molecule has 8 aliphatic carbocycles. The summed E-state index contributed by atoms with van der Waals surface area (Å²) in [6, 6.07) is 4.96. The first-order valence-electron chi connectivity index (χ1n) is 12.4. The molecule has 1 nitrogen and oxygen atoms in total. The molecule has 0 saturated heterocycles. The molecule has 156 valence electrons. The van der Waals surface area contributed by atoms with E-state index >= 15 is 0 Å². The fraction of sp³-hybridized carbons (Fsp3) is 0.778.